The lowest BCUT2D eigenvalue weighted by Gasteiger charge is -2.14. The topological polar surface area (TPSA) is 33.4 Å². The van der Waals surface area contributed by atoms with Gasteiger partial charge < -0.3 is 4.90 Å². The van der Waals surface area contributed by atoms with Crippen LogP contribution in [0.5, 0.6) is 0 Å². The minimum absolute atomic E-state index is 0.807. The molecular weight excluding hydrogens is 176 g/mol. The molecule has 4 heteroatoms. The van der Waals surface area contributed by atoms with E-state index in [1.807, 2.05) is 24.4 Å². The molecule has 74 valence electrons. The highest BCUT2D eigenvalue weighted by atomic mass is 15.4. The van der Waals surface area contributed by atoms with Crippen LogP contribution in [0.15, 0.2) is 24.4 Å². The van der Waals surface area contributed by atoms with Crippen LogP contribution in [0.25, 0.3) is 5.65 Å². The fourth-order valence-corrected chi connectivity index (χ4v) is 1.46. The molecule has 0 aliphatic rings. The molecule has 0 radical (unpaired) electrons. The van der Waals surface area contributed by atoms with Gasteiger partial charge in [0.2, 0.25) is 5.95 Å². The zero-order valence-corrected chi connectivity index (χ0v) is 8.51. The quantitative estimate of drug-likeness (QED) is 0.736. The van der Waals surface area contributed by atoms with Gasteiger partial charge in [-0.15, -0.1) is 5.10 Å². The van der Waals surface area contributed by atoms with Gasteiger partial charge in [-0.25, -0.2) is 4.52 Å². The molecule has 0 fully saturated rings. The number of fused-ring (bicyclic) bond motifs is 1. The van der Waals surface area contributed by atoms with Crippen LogP contribution in [-0.2, 0) is 0 Å². The molecule has 14 heavy (non-hydrogen) atoms. The second-order valence-electron chi connectivity index (χ2n) is 3.09. The standard InChI is InChI=1S/C10H14N4/c1-3-13(4-2)10-11-9-7-5-6-8-14(9)12-10/h5-8H,3-4H2,1-2H3. The summed E-state index contributed by atoms with van der Waals surface area (Å²) in [6.07, 6.45) is 1.91. The lowest BCUT2D eigenvalue weighted by Crippen LogP contribution is -2.23. The Morgan fingerprint density at radius 1 is 1.29 bits per heavy atom. The van der Waals surface area contributed by atoms with Gasteiger partial charge in [0.25, 0.3) is 0 Å². The molecule has 0 spiro atoms. The van der Waals surface area contributed by atoms with Crippen molar-refractivity contribution < 1.29 is 0 Å². The monoisotopic (exact) mass is 190 g/mol. The van der Waals surface area contributed by atoms with Gasteiger partial charge in [-0.1, -0.05) is 6.07 Å². The molecule has 0 bridgehead atoms. The first-order valence-electron chi connectivity index (χ1n) is 4.91. The van der Waals surface area contributed by atoms with E-state index >= 15 is 0 Å². The van der Waals surface area contributed by atoms with E-state index in [-0.39, 0.29) is 0 Å². The zero-order chi connectivity index (χ0) is 9.97. The highest BCUT2D eigenvalue weighted by Crippen LogP contribution is 2.09. The number of nitrogens with zero attached hydrogens (tertiary/aromatic N) is 4. The molecule has 2 aromatic heterocycles. The summed E-state index contributed by atoms with van der Waals surface area (Å²) < 4.78 is 1.80. The lowest BCUT2D eigenvalue weighted by molar-refractivity contribution is 0.813. The van der Waals surface area contributed by atoms with Gasteiger partial charge in [-0.2, -0.15) is 4.98 Å². The van der Waals surface area contributed by atoms with E-state index < -0.39 is 0 Å². The average Bonchev–Trinajstić information content (AvgIpc) is 2.63. The number of pyridine rings is 1. The maximum Gasteiger partial charge on any atom is 0.245 e. The molecule has 0 unspecified atom stereocenters. The summed E-state index contributed by atoms with van der Waals surface area (Å²) in [5.41, 5.74) is 0.898. The molecule has 4 nitrogen and oxygen atoms in total. The molecule has 0 aliphatic heterocycles. The van der Waals surface area contributed by atoms with Crippen LogP contribution < -0.4 is 4.90 Å². The Hall–Kier alpha value is -1.58. The number of hydrogen-bond acceptors (Lipinski definition) is 3. The third kappa shape index (κ3) is 1.43. The van der Waals surface area contributed by atoms with Gasteiger partial charge in [0, 0.05) is 19.3 Å². The molecule has 2 heterocycles. The van der Waals surface area contributed by atoms with E-state index in [1.165, 1.54) is 0 Å². The Morgan fingerprint density at radius 3 is 2.71 bits per heavy atom. The van der Waals surface area contributed by atoms with Crippen molar-refractivity contribution in [2.45, 2.75) is 13.8 Å². The maximum atomic E-state index is 4.43. The predicted molar refractivity (Wildman–Crippen MR) is 56.5 cm³/mol. The van der Waals surface area contributed by atoms with Gasteiger partial charge in [-0.3, -0.25) is 0 Å². The molecule has 0 atom stereocenters. The maximum absolute atomic E-state index is 4.43. The Morgan fingerprint density at radius 2 is 2.07 bits per heavy atom. The molecule has 0 N–H and O–H groups in total. The van der Waals surface area contributed by atoms with Crippen molar-refractivity contribution in [1.29, 1.82) is 0 Å². The van der Waals surface area contributed by atoms with Crippen molar-refractivity contribution in [3.05, 3.63) is 24.4 Å². The first-order valence-corrected chi connectivity index (χ1v) is 4.91. The molecule has 0 aliphatic carbocycles. The molecule has 0 saturated heterocycles. The molecule has 0 saturated carbocycles. The largest absolute Gasteiger partial charge is 0.340 e. The van der Waals surface area contributed by atoms with E-state index in [0.717, 1.165) is 24.7 Å². The van der Waals surface area contributed by atoms with Crippen LogP contribution in [0.3, 0.4) is 0 Å². The highest BCUT2D eigenvalue weighted by molar-refractivity contribution is 5.44. The van der Waals surface area contributed by atoms with Crippen LogP contribution >= 0.6 is 0 Å². The lowest BCUT2D eigenvalue weighted by atomic mass is 10.5. The summed E-state index contributed by atoms with van der Waals surface area (Å²) in [6.45, 7) is 6.09. The fourth-order valence-electron chi connectivity index (χ4n) is 1.46. The highest BCUT2D eigenvalue weighted by Gasteiger charge is 2.07. The van der Waals surface area contributed by atoms with Gasteiger partial charge in [-0.05, 0) is 26.0 Å². The number of hydrogen-bond donors (Lipinski definition) is 0. The Bertz CT molecular complexity index is 384. The molecular formula is C10H14N4. The van der Waals surface area contributed by atoms with Crippen LogP contribution in [0.4, 0.5) is 5.95 Å². The summed E-state index contributed by atoms with van der Waals surface area (Å²) in [6, 6.07) is 5.88. The van der Waals surface area contributed by atoms with Gasteiger partial charge in [0.15, 0.2) is 5.65 Å². The third-order valence-electron chi connectivity index (χ3n) is 2.28. The minimum Gasteiger partial charge on any atom is -0.340 e. The van der Waals surface area contributed by atoms with Crippen molar-refractivity contribution in [3.63, 3.8) is 0 Å². The minimum atomic E-state index is 0.807. The first kappa shape index (κ1) is 8.99. The van der Waals surface area contributed by atoms with Crippen LogP contribution in [0, 0.1) is 0 Å². The molecule has 0 amide bonds. The first-order chi connectivity index (χ1) is 6.85. The predicted octanol–water partition coefficient (Wildman–Crippen LogP) is 1.58. The van der Waals surface area contributed by atoms with Crippen LogP contribution in [0.2, 0.25) is 0 Å². The summed E-state index contributed by atoms with van der Waals surface area (Å²) >= 11 is 0. The smallest absolute Gasteiger partial charge is 0.245 e. The van der Waals surface area contributed by atoms with Gasteiger partial charge in [0.1, 0.15) is 0 Å². The van der Waals surface area contributed by atoms with Crippen LogP contribution in [-0.4, -0.2) is 27.7 Å². The van der Waals surface area contributed by atoms with E-state index in [9.17, 15) is 0 Å². The van der Waals surface area contributed by atoms with Crippen LogP contribution in [0.1, 0.15) is 13.8 Å². The van der Waals surface area contributed by atoms with E-state index in [2.05, 4.69) is 28.8 Å². The Labute approximate surface area is 83.2 Å². The zero-order valence-electron chi connectivity index (χ0n) is 8.51. The number of anilines is 1. The van der Waals surface area contributed by atoms with Gasteiger partial charge in [0.05, 0.1) is 0 Å². The summed E-state index contributed by atoms with van der Waals surface area (Å²) in [7, 11) is 0. The average molecular weight is 190 g/mol. The van der Waals surface area contributed by atoms with Crippen molar-refractivity contribution in [2.24, 2.45) is 0 Å². The molecule has 2 rings (SSSR count). The molecule has 0 aromatic carbocycles. The summed E-state index contributed by atoms with van der Waals surface area (Å²) in [5.74, 6) is 0.807. The summed E-state index contributed by atoms with van der Waals surface area (Å²) in [5, 5.41) is 4.39. The van der Waals surface area contributed by atoms with Gasteiger partial charge >= 0.3 is 0 Å². The Balaban J connectivity index is 2.43. The summed E-state index contributed by atoms with van der Waals surface area (Å²) in [4.78, 5) is 6.56. The Kier molecular flexibility index (Phi) is 2.35. The van der Waals surface area contributed by atoms with E-state index in [1.54, 1.807) is 4.52 Å². The van der Waals surface area contributed by atoms with Crippen molar-refractivity contribution in [3.8, 4) is 0 Å². The molecule has 2 aromatic rings. The van der Waals surface area contributed by atoms with Crippen molar-refractivity contribution in [1.82, 2.24) is 14.6 Å². The van der Waals surface area contributed by atoms with E-state index in [4.69, 9.17) is 0 Å². The van der Waals surface area contributed by atoms with Crippen molar-refractivity contribution >= 4 is 11.6 Å². The third-order valence-corrected chi connectivity index (χ3v) is 2.28. The SMILES string of the molecule is CCN(CC)c1nc2ccccn2n1. The fraction of sp³-hybridized carbons (Fsp3) is 0.400. The second-order valence-corrected chi connectivity index (χ2v) is 3.09. The normalized spacial score (nSPS) is 10.7. The number of aromatic nitrogens is 3. The second kappa shape index (κ2) is 3.65. The number of rotatable bonds is 3. The van der Waals surface area contributed by atoms with E-state index in [0.29, 0.717) is 0 Å². The van der Waals surface area contributed by atoms with Crippen molar-refractivity contribution in [2.75, 3.05) is 18.0 Å².